The number of ether oxygens (including phenoxy) is 3. The van der Waals surface area contributed by atoms with Crippen molar-refractivity contribution in [2.45, 2.75) is 64.9 Å². The van der Waals surface area contributed by atoms with E-state index < -0.39 is 35.7 Å². The van der Waals surface area contributed by atoms with Gasteiger partial charge in [-0.1, -0.05) is 42.5 Å². The number of aliphatic hydroxyl groups excluding tert-OH is 1. The Morgan fingerprint density at radius 3 is 2.25 bits per heavy atom. The van der Waals surface area contributed by atoms with Crippen molar-refractivity contribution >= 4 is 18.0 Å². The fourth-order valence-corrected chi connectivity index (χ4v) is 3.26. The molecule has 0 bridgehead atoms. The number of esters is 1. The molecule has 2 atom stereocenters. The van der Waals surface area contributed by atoms with Crippen LogP contribution in [0.15, 0.2) is 54.6 Å². The lowest BCUT2D eigenvalue weighted by molar-refractivity contribution is -0.146. The van der Waals surface area contributed by atoms with E-state index in [9.17, 15) is 19.5 Å². The van der Waals surface area contributed by atoms with Crippen molar-refractivity contribution in [2.24, 2.45) is 0 Å². The quantitative estimate of drug-likeness (QED) is 0.383. The van der Waals surface area contributed by atoms with E-state index in [1.54, 1.807) is 39.8 Å². The topological polar surface area (TPSA) is 123 Å². The molecule has 0 saturated heterocycles. The summed E-state index contributed by atoms with van der Waals surface area (Å²) in [5.41, 5.74) is 1.16. The minimum absolute atomic E-state index is 0.187. The van der Waals surface area contributed by atoms with E-state index in [0.717, 1.165) is 11.1 Å². The largest absolute Gasteiger partial charge is 0.489 e. The van der Waals surface area contributed by atoms with Crippen molar-refractivity contribution in [2.75, 3.05) is 13.2 Å². The maximum absolute atomic E-state index is 12.5. The van der Waals surface area contributed by atoms with Gasteiger partial charge in [-0.05, 0) is 57.4 Å². The number of hydrogen-bond donors (Lipinski definition) is 3. The highest BCUT2D eigenvalue weighted by Gasteiger charge is 2.25. The van der Waals surface area contributed by atoms with Gasteiger partial charge in [-0.25, -0.2) is 4.79 Å². The third-order valence-electron chi connectivity index (χ3n) is 4.91. The molecule has 0 aliphatic rings. The van der Waals surface area contributed by atoms with E-state index in [1.807, 2.05) is 42.5 Å². The van der Waals surface area contributed by atoms with Crippen LogP contribution in [0.2, 0.25) is 0 Å². The number of nitrogens with one attached hydrogen (secondary N) is 2. The molecule has 0 aromatic heterocycles. The fourth-order valence-electron chi connectivity index (χ4n) is 3.26. The van der Waals surface area contributed by atoms with Crippen LogP contribution in [0.3, 0.4) is 0 Å². The van der Waals surface area contributed by atoms with Crippen LogP contribution in [0.1, 0.15) is 45.2 Å². The van der Waals surface area contributed by atoms with E-state index in [-0.39, 0.29) is 26.0 Å². The molecule has 0 saturated carbocycles. The highest BCUT2D eigenvalue weighted by atomic mass is 16.6. The summed E-state index contributed by atoms with van der Waals surface area (Å²) < 4.78 is 15.8. The van der Waals surface area contributed by atoms with Gasteiger partial charge in [0.15, 0.2) is 0 Å². The van der Waals surface area contributed by atoms with Gasteiger partial charge in [0, 0.05) is 0 Å². The molecule has 196 valence electrons. The lowest BCUT2D eigenvalue weighted by Crippen LogP contribution is -2.49. The van der Waals surface area contributed by atoms with Gasteiger partial charge in [-0.2, -0.15) is 0 Å². The normalized spacial score (nSPS) is 12.7. The van der Waals surface area contributed by atoms with Crippen molar-refractivity contribution in [1.29, 1.82) is 0 Å². The minimum Gasteiger partial charge on any atom is -0.489 e. The Labute approximate surface area is 212 Å². The molecule has 0 radical (unpaired) electrons. The van der Waals surface area contributed by atoms with Gasteiger partial charge < -0.3 is 30.0 Å². The summed E-state index contributed by atoms with van der Waals surface area (Å²) in [5.74, 6) is -0.422. The van der Waals surface area contributed by atoms with Crippen LogP contribution in [0.25, 0.3) is 0 Å². The summed E-state index contributed by atoms with van der Waals surface area (Å²) in [7, 11) is 0. The number of alkyl carbamates (subject to hydrolysis) is 1. The molecule has 36 heavy (non-hydrogen) atoms. The number of rotatable bonds is 12. The molecule has 0 unspecified atom stereocenters. The predicted octanol–water partition coefficient (Wildman–Crippen LogP) is 3.13. The Kier molecular flexibility index (Phi) is 11.2. The van der Waals surface area contributed by atoms with E-state index in [2.05, 4.69) is 10.6 Å². The smallest absolute Gasteiger partial charge is 0.408 e. The highest BCUT2D eigenvalue weighted by Crippen LogP contribution is 2.17. The third-order valence-corrected chi connectivity index (χ3v) is 4.91. The molecule has 0 aliphatic heterocycles. The van der Waals surface area contributed by atoms with Crippen molar-refractivity contribution in [3.63, 3.8) is 0 Å². The molecule has 2 amide bonds. The first-order valence-electron chi connectivity index (χ1n) is 11.9. The minimum atomic E-state index is -1.19. The second kappa shape index (κ2) is 14.1. The maximum Gasteiger partial charge on any atom is 0.408 e. The summed E-state index contributed by atoms with van der Waals surface area (Å²) in [5, 5.41) is 15.7. The zero-order valence-electron chi connectivity index (χ0n) is 21.3. The first-order valence-corrected chi connectivity index (χ1v) is 11.9. The molecular formula is C27H36N2O7. The molecule has 2 aromatic carbocycles. The Morgan fingerprint density at radius 1 is 0.972 bits per heavy atom. The first-order chi connectivity index (χ1) is 17.1. The summed E-state index contributed by atoms with van der Waals surface area (Å²) in [6, 6.07) is 16.3. The molecular weight excluding hydrogens is 464 g/mol. The summed E-state index contributed by atoms with van der Waals surface area (Å²) in [6.45, 7) is 7.09. The average molecular weight is 501 g/mol. The van der Waals surface area contributed by atoms with E-state index in [4.69, 9.17) is 14.2 Å². The Balaban J connectivity index is 1.99. The van der Waals surface area contributed by atoms with Crippen LogP contribution < -0.4 is 15.4 Å². The molecule has 2 rings (SSSR count). The zero-order chi connectivity index (χ0) is 26.6. The number of carbonyl (C=O) groups is 3. The number of amides is 2. The molecule has 0 heterocycles. The average Bonchev–Trinajstić information content (AvgIpc) is 2.81. The van der Waals surface area contributed by atoms with Crippen molar-refractivity contribution in [1.82, 2.24) is 10.6 Å². The Morgan fingerprint density at radius 2 is 1.64 bits per heavy atom. The SMILES string of the molecule is CCOC(=O)C[C@H](O)[C@H](Cc1ccc(OCc2ccccc2)cc1)NC(=O)CNC(=O)OC(C)(C)C. The molecule has 9 nitrogen and oxygen atoms in total. The zero-order valence-corrected chi connectivity index (χ0v) is 21.3. The Hall–Kier alpha value is -3.59. The van der Waals surface area contributed by atoms with Gasteiger partial charge in [0.1, 0.15) is 24.5 Å². The van der Waals surface area contributed by atoms with Gasteiger partial charge in [0.25, 0.3) is 0 Å². The summed E-state index contributed by atoms with van der Waals surface area (Å²) in [4.78, 5) is 36.2. The molecule has 0 aliphatic carbocycles. The third kappa shape index (κ3) is 11.2. The van der Waals surface area contributed by atoms with Crippen molar-refractivity contribution < 1.29 is 33.7 Å². The van der Waals surface area contributed by atoms with E-state index >= 15 is 0 Å². The maximum atomic E-state index is 12.5. The van der Waals surface area contributed by atoms with Crippen molar-refractivity contribution in [3.05, 3.63) is 65.7 Å². The summed E-state index contributed by atoms with van der Waals surface area (Å²) >= 11 is 0. The highest BCUT2D eigenvalue weighted by molar-refractivity contribution is 5.82. The predicted molar refractivity (Wildman–Crippen MR) is 134 cm³/mol. The second-order valence-electron chi connectivity index (χ2n) is 9.23. The lowest BCUT2D eigenvalue weighted by Gasteiger charge is -2.24. The molecule has 0 fully saturated rings. The first kappa shape index (κ1) is 28.6. The van der Waals surface area contributed by atoms with Crippen molar-refractivity contribution in [3.8, 4) is 5.75 Å². The van der Waals surface area contributed by atoms with Gasteiger partial charge in [0.2, 0.25) is 5.91 Å². The standard InChI is InChI=1S/C27H36N2O7/c1-5-34-25(32)16-23(30)22(29-24(31)17-28-26(33)36-27(2,3)4)15-19-11-13-21(14-12-19)35-18-20-9-7-6-8-10-20/h6-14,22-23,30H,5,15-18H2,1-4H3,(H,28,33)(H,29,31)/t22-,23-/m0/s1. The van der Waals surface area contributed by atoms with E-state index in [0.29, 0.717) is 12.4 Å². The lowest BCUT2D eigenvalue weighted by atomic mass is 9.99. The second-order valence-corrected chi connectivity index (χ2v) is 9.23. The fraction of sp³-hybridized carbons (Fsp3) is 0.444. The van der Waals surface area contributed by atoms with Crippen LogP contribution in [-0.4, -0.2) is 54.0 Å². The van der Waals surface area contributed by atoms with Gasteiger partial charge in [-0.15, -0.1) is 0 Å². The van der Waals surface area contributed by atoms with Crippen LogP contribution in [-0.2, 0) is 32.1 Å². The van der Waals surface area contributed by atoms with Crippen LogP contribution >= 0.6 is 0 Å². The van der Waals surface area contributed by atoms with Gasteiger partial charge >= 0.3 is 12.1 Å². The molecule has 3 N–H and O–H groups in total. The number of benzene rings is 2. The monoisotopic (exact) mass is 500 g/mol. The van der Waals surface area contributed by atoms with Crippen LogP contribution in [0.5, 0.6) is 5.75 Å². The van der Waals surface area contributed by atoms with Crippen LogP contribution in [0.4, 0.5) is 4.79 Å². The van der Waals surface area contributed by atoms with Gasteiger partial charge in [-0.3, -0.25) is 9.59 Å². The summed E-state index contributed by atoms with van der Waals surface area (Å²) in [6.07, 6.45) is -1.95. The Bertz CT molecular complexity index is 972. The number of aliphatic hydroxyl groups is 1. The molecule has 2 aromatic rings. The number of carbonyl (C=O) groups excluding carboxylic acids is 3. The van der Waals surface area contributed by atoms with Crippen LogP contribution in [0, 0.1) is 0 Å². The van der Waals surface area contributed by atoms with E-state index in [1.165, 1.54) is 0 Å². The molecule has 9 heteroatoms. The van der Waals surface area contributed by atoms with Gasteiger partial charge in [0.05, 0.1) is 25.2 Å². The molecule has 0 spiro atoms. The number of hydrogen-bond acceptors (Lipinski definition) is 7.